The summed E-state index contributed by atoms with van der Waals surface area (Å²) in [6.07, 6.45) is 4.81. The molecular formula is C15H27N3O3. The number of hydrogen-bond donors (Lipinski definition) is 2. The van der Waals surface area contributed by atoms with E-state index in [1.54, 1.807) is 0 Å². The minimum Gasteiger partial charge on any atom is -0.480 e. The highest BCUT2D eigenvalue weighted by Crippen LogP contribution is 2.24. The first-order chi connectivity index (χ1) is 10.0. The molecule has 6 heteroatoms. The number of rotatable bonds is 4. The van der Waals surface area contributed by atoms with Crippen molar-refractivity contribution in [3.63, 3.8) is 0 Å². The molecule has 120 valence electrons. The molecule has 2 saturated heterocycles. The molecule has 2 rings (SSSR count). The number of nitrogens with one attached hydrogen (secondary N) is 1. The Balaban J connectivity index is 1.96. The number of carbonyl (C=O) groups is 2. The number of piperazine rings is 1. The van der Waals surface area contributed by atoms with Gasteiger partial charge in [-0.15, -0.1) is 0 Å². The van der Waals surface area contributed by atoms with Crippen LogP contribution in [0.1, 0.15) is 46.0 Å². The van der Waals surface area contributed by atoms with Gasteiger partial charge in [-0.1, -0.05) is 19.8 Å². The number of piperidine rings is 1. The molecule has 0 aromatic heterocycles. The van der Waals surface area contributed by atoms with E-state index < -0.39 is 12.0 Å². The van der Waals surface area contributed by atoms with Crippen molar-refractivity contribution in [1.29, 1.82) is 0 Å². The maximum atomic E-state index is 12.4. The van der Waals surface area contributed by atoms with Crippen LogP contribution >= 0.6 is 0 Å². The lowest BCUT2D eigenvalue weighted by Gasteiger charge is -2.47. The summed E-state index contributed by atoms with van der Waals surface area (Å²) in [5.41, 5.74) is 0. The van der Waals surface area contributed by atoms with Gasteiger partial charge in [-0.05, 0) is 32.7 Å². The molecule has 2 aliphatic heterocycles. The van der Waals surface area contributed by atoms with Crippen LogP contribution in [0.2, 0.25) is 0 Å². The van der Waals surface area contributed by atoms with E-state index in [0.29, 0.717) is 19.0 Å². The minimum atomic E-state index is -0.950. The number of hydrogen-bond acceptors (Lipinski definition) is 3. The van der Waals surface area contributed by atoms with Crippen molar-refractivity contribution < 1.29 is 14.7 Å². The summed E-state index contributed by atoms with van der Waals surface area (Å²) >= 11 is 0. The topological polar surface area (TPSA) is 72.9 Å². The molecule has 0 aliphatic carbocycles. The second-order valence-electron chi connectivity index (χ2n) is 6.27. The molecule has 2 N–H and O–H groups in total. The molecule has 21 heavy (non-hydrogen) atoms. The standard InChI is InChI=1S/C15H27N3O3/c1-3-6-13(14(19)20)16-15(21)18-10-12-7-4-5-8-17(12)9-11(18)2/h11-13H,3-10H2,1-2H3,(H,16,21)(H,19,20)/t11?,12?,13-/m1/s1. The van der Waals surface area contributed by atoms with E-state index >= 15 is 0 Å². The molecule has 2 amide bonds. The van der Waals surface area contributed by atoms with E-state index in [2.05, 4.69) is 10.2 Å². The van der Waals surface area contributed by atoms with E-state index in [9.17, 15) is 9.59 Å². The number of aliphatic carboxylic acids is 1. The van der Waals surface area contributed by atoms with Crippen molar-refractivity contribution in [3.8, 4) is 0 Å². The Kier molecular flexibility index (Phi) is 5.45. The van der Waals surface area contributed by atoms with Crippen molar-refractivity contribution >= 4 is 12.0 Å². The first-order valence-corrected chi connectivity index (χ1v) is 8.07. The number of urea groups is 1. The van der Waals surface area contributed by atoms with Gasteiger partial charge in [0.2, 0.25) is 0 Å². The summed E-state index contributed by atoms with van der Waals surface area (Å²) in [6, 6.07) is -0.432. The third-order valence-corrected chi connectivity index (χ3v) is 4.62. The van der Waals surface area contributed by atoms with Gasteiger partial charge >= 0.3 is 12.0 Å². The Morgan fingerprint density at radius 3 is 2.76 bits per heavy atom. The molecule has 2 fully saturated rings. The summed E-state index contributed by atoms with van der Waals surface area (Å²) < 4.78 is 0. The monoisotopic (exact) mass is 297 g/mol. The highest BCUT2D eigenvalue weighted by Gasteiger charge is 2.36. The molecule has 2 heterocycles. The Morgan fingerprint density at radius 2 is 2.10 bits per heavy atom. The first-order valence-electron chi connectivity index (χ1n) is 8.07. The van der Waals surface area contributed by atoms with Gasteiger partial charge < -0.3 is 15.3 Å². The fourth-order valence-corrected chi connectivity index (χ4v) is 3.41. The maximum absolute atomic E-state index is 12.4. The van der Waals surface area contributed by atoms with Gasteiger partial charge in [0.1, 0.15) is 6.04 Å². The third kappa shape index (κ3) is 3.87. The van der Waals surface area contributed by atoms with Crippen LogP contribution in [0.4, 0.5) is 4.79 Å². The van der Waals surface area contributed by atoms with Gasteiger partial charge in [0, 0.05) is 25.2 Å². The number of nitrogens with zero attached hydrogens (tertiary/aromatic N) is 2. The molecule has 0 radical (unpaired) electrons. The summed E-state index contributed by atoms with van der Waals surface area (Å²) in [5.74, 6) is -0.950. The lowest BCUT2D eigenvalue weighted by Crippen LogP contribution is -2.62. The Morgan fingerprint density at radius 1 is 1.33 bits per heavy atom. The van der Waals surface area contributed by atoms with Crippen LogP contribution in [0.3, 0.4) is 0 Å². The molecule has 0 aromatic carbocycles. The second kappa shape index (κ2) is 7.11. The van der Waals surface area contributed by atoms with Crippen LogP contribution in [-0.4, -0.2) is 64.7 Å². The largest absolute Gasteiger partial charge is 0.480 e. The van der Waals surface area contributed by atoms with Crippen LogP contribution in [-0.2, 0) is 4.79 Å². The SMILES string of the molecule is CCC[C@@H](NC(=O)N1CC2CCCCN2CC1C)C(=O)O. The van der Waals surface area contributed by atoms with Gasteiger partial charge in [-0.3, -0.25) is 4.90 Å². The van der Waals surface area contributed by atoms with E-state index in [0.717, 1.165) is 25.9 Å². The molecule has 2 unspecified atom stereocenters. The second-order valence-corrected chi connectivity index (χ2v) is 6.27. The van der Waals surface area contributed by atoms with Gasteiger partial charge in [0.15, 0.2) is 0 Å². The summed E-state index contributed by atoms with van der Waals surface area (Å²) in [7, 11) is 0. The predicted molar refractivity (Wildman–Crippen MR) is 80.2 cm³/mol. The lowest BCUT2D eigenvalue weighted by atomic mass is 9.97. The van der Waals surface area contributed by atoms with Crippen molar-refractivity contribution in [3.05, 3.63) is 0 Å². The van der Waals surface area contributed by atoms with Crippen molar-refractivity contribution in [2.24, 2.45) is 0 Å². The van der Waals surface area contributed by atoms with Crippen molar-refractivity contribution in [1.82, 2.24) is 15.1 Å². The number of fused-ring (bicyclic) bond motifs is 1. The van der Waals surface area contributed by atoms with Gasteiger partial charge in [0.05, 0.1) is 0 Å². The molecule has 2 aliphatic rings. The number of carboxylic acids is 1. The fraction of sp³-hybridized carbons (Fsp3) is 0.867. The molecule has 3 atom stereocenters. The van der Waals surface area contributed by atoms with Gasteiger partial charge in [-0.25, -0.2) is 9.59 Å². The highest BCUT2D eigenvalue weighted by molar-refractivity contribution is 5.82. The van der Waals surface area contributed by atoms with Crippen LogP contribution < -0.4 is 5.32 Å². The van der Waals surface area contributed by atoms with Gasteiger partial charge in [-0.2, -0.15) is 0 Å². The highest BCUT2D eigenvalue weighted by atomic mass is 16.4. The zero-order valence-corrected chi connectivity index (χ0v) is 13.0. The molecule has 0 spiro atoms. The Labute approximate surface area is 126 Å². The zero-order valence-electron chi connectivity index (χ0n) is 13.0. The van der Waals surface area contributed by atoms with Gasteiger partial charge in [0.25, 0.3) is 0 Å². The van der Waals surface area contributed by atoms with Crippen molar-refractivity contribution in [2.45, 2.75) is 64.1 Å². The van der Waals surface area contributed by atoms with Crippen LogP contribution in [0.25, 0.3) is 0 Å². The van der Waals surface area contributed by atoms with Crippen LogP contribution in [0.15, 0.2) is 0 Å². The smallest absolute Gasteiger partial charge is 0.326 e. The van der Waals surface area contributed by atoms with Crippen molar-refractivity contribution in [2.75, 3.05) is 19.6 Å². The number of carboxylic acid groups (broad SMARTS) is 1. The van der Waals surface area contributed by atoms with E-state index in [1.165, 1.54) is 12.8 Å². The Hall–Kier alpha value is -1.30. The quantitative estimate of drug-likeness (QED) is 0.825. The molecule has 0 aromatic rings. The molecule has 0 bridgehead atoms. The van der Waals surface area contributed by atoms with Crippen LogP contribution in [0, 0.1) is 0 Å². The Bertz CT molecular complexity index is 388. The van der Waals surface area contributed by atoms with E-state index in [1.807, 2.05) is 18.7 Å². The van der Waals surface area contributed by atoms with E-state index in [4.69, 9.17) is 5.11 Å². The maximum Gasteiger partial charge on any atom is 0.326 e. The average molecular weight is 297 g/mol. The first kappa shape index (κ1) is 16.1. The third-order valence-electron chi connectivity index (χ3n) is 4.62. The molecule has 0 saturated carbocycles. The number of amides is 2. The normalized spacial score (nSPS) is 27.8. The summed E-state index contributed by atoms with van der Waals surface area (Å²) in [4.78, 5) is 27.9. The van der Waals surface area contributed by atoms with E-state index in [-0.39, 0.29) is 12.1 Å². The minimum absolute atomic E-state index is 0.135. The molecule has 6 nitrogen and oxygen atoms in total. The zero-order chi connectivity index (χ0) is 15.4. The summed E-state index contributed by atoms with van der Waals surface area (Å²) in [6.45, 7) is 6.69. The molecular weight excluding hydrogens is 270 g/mol. The summed E-state index contributed by atoms with van der Waals surface area (Å²) in [5, 5.41) is 11.8. The van der Waals surface area contributed by atoms with Crippen LogP contribution in [0.5, 0.6) is 0 Å². The lowest BCUT2D eigenvalue weighted by molar-refractivity contribution is -0.139. The average Bonchev–Trinajstić information content (AvgIpc) is 2.45. The number of carbonyl (C=O) groups excluding carboxylic acids is 1. The predicted octanol–water partition coefficient (Wildman–Crippen LogP) is 1.51. The fourth-order valence-electron chi connectivity index (χ4n) is 3.41.